The fraction of sp³-hybridized carbons (Fsp3) is 0.235. The summed E-state index contributed by atoms with van der Waals surface area (Å²) in [6.07, 6.45) is 0. The van der Waals surface area contributed by atoms with Crippen molar-refractivity contribution < 1.29 is 9.53 Å². The van der Waals surface area contributed by atoms with E-state index >= 15 is 0 Å². The number of ether oxygens (including phenoxy) is 1. The molecule has 2 aliphatic rings. The van der Waals surface area contributed by atoms with E-state index < -0.39 is 0 Å². The Morgan fingerprint density at radius 1 is 1.09 bits per heavy atom. The number of para-hydroxylation sites is 1. The van der Waals surface area contributed by atoms with Gasteiger partial charge in [-0.05, 0) is 36.4 Å². The second kappa shape index (κ2) is 4.74. The molecule has 0 radical (unpaired) electrons. The molecule has 2 aromatic rings. The van der Waals surface area contributed by atoms with E-state index in [-0.39, 0.29) is 11.6 Å². The smallest absolute Gasteiger partial charge is 0.262 e. The van der Waals surface area contributed by atoms with Gasteiger partial charge in [-0.1, -0.05) is 12.1 Å². The van der Waals surface area contributed by atoms with Crippen LogP contribution in [0.5, 0.6) is 5.75 Å². The molecular formula is C17H17N3O2. The van der Waals surface area contributed by atoms with Crippen LogP contribution >= 0.6 is 0 Å². The number of benzene rings is 2. The number of hydrogen-bond donors (Lipinski definition) is 2. The van der Waals surface area contributed by atoms with Crippen LogP contribution in [0.15, 0.2) is 48.5 Å². The van der Waals surface area contributed by atoms with Gasteiger partial charge in [-0.3, -0.25) is 9.69 Å². The molecule has 0 atom stereocenters. The predicted octanol–water partition coefficient (Wildman–Crippen LogP) is 2.07. The maximum atomic E-state index is 13.0. The molecule has 2 aliphatic heterocycles. The van der Waals surface area contributed by atoms with Crippen LogP contribution in [0.4, 0.5) is 11.4 Å². The average Bonchev–Trinajstić information content (AvgIpc) is 2.53. The van der Waals surface area contributed by atoms with Crippen molar-refractivity contribution in [3.63, 3.8) is 0 Å². The largest absolute Gasteiger partial charge is 0.497 e. The highest BCUT2D eigenvalue weighted by atomic mass is 16.5. The third kappa shape index (κ3) is 1.79. The molecule has 5 nitrogen and oxygen atoms in total. The second-order valence-corrected chi connectivity index (χ2v) is 5.64. The highest BCUT2D eigenvalue weighted by molar-refractivity contribution is 6.13. The van der Waals surface area contributed by atoms with E-state index in [1.54, 1.807) is 7.11 Å². The van der Waals surface area contributed by atoms with Crippen molar-refractivity contribution in [1.82, 2.24) is 5.32 Å². The zero-order valence-electron chi connectivity index (χ0n) is 12.3. The number of anilines is 2. The molecule has 0 unspecified atom stereocenters. The summed E-state index contributed by atoms with van der Waals surface area (Å²) in [5, 5.41) is 6.79. The van der Waals surface area contributed by atoms with Crippen molar-refractivity contribution in [2.24, 2.45) is 0 Å². The topological polar surface area (TPSA) is 53.6 Å². The van der Waals surface area contributed by atoms with Crippen LogP contribution in [0.3, 0.4) is 0 Å². The van der Waals surface area contributed by atoms with Crippen molar-refractivity contribution in [2.75, 3.05) is 30.4 Å². The Balaban J connectivity index is 1.80. The van der Waals surface area contributed by atoms with Gasteiger partial charge in [0, 0.05) is 24.5 Å². The number of fused-ring (bicyclic) bond motifs is 1. The Kier molecular flexibility index (Phi) is 2.84. The highest BCUT2D eigenvalue weighted by Crippen LogP contribution is 2.37. The quantitative estimate of drug-likeness (QED) is 0.890. The normalized spacial score (nSPS) is 18.4. The molecule has 5 heteroatoms. The van der Waals surface area contributed by atoms with Crippen LogP contribution in [0, 0.1) is 0 Å². The van der Waals surface area contributed by atoms with Crippen LogP contribution in [-0.4, -0.2) is 31.8 Å². The summed E-state index contributed by atoms with van der Waals surface area (Å²) in [7, 11) is 1.64. The summed E-state index contributed by atoms with van der Waals surface area (Å²) in [4.78, 5) is 14.9. The molecule has 2 heterocycles. The number of hydrogen-bond acceptors (Lipinski definition) is 4. The Hall–Kier alpha value is -2.53. The minimum absolute atomic E-state index is 0.0287. The molecule has 4 rings (SSSR count). The lowest BCUT2D eigenvalue weighted by Gasteiger charge is -2.53. The summed E-state index contributed by atoms with van der Waals surface area (Å²) in [6, 6.07) is 15.3. The number of carbonyl (C=O) groups excluding carboxylic acids is 1. The van der Waals surface area contributed by atoms with Crippen molar-refractivity contribution in [2.45, 2.75) is 5.66 Å². The molecule has 1 saturated heterocycles. The van der Waals surface area contributed by atoms with Crippen molar-refractivity contribution in [3.8, 4) is 5.75 Å². The Morgan fingerprint density at radius 2 is 1.82 bits per heavy atom. The Labute approximate surface area is 128 Å². The molecule has 0 aromatic heterocycles. The van der Waals surface area contributed by atoms with Gasteiger partial charge < -0.3 is 15.4 Å². The van der Waals surface area contributed by atoms with Crippen LogP contribution in [-0.2, 0) is 0 Å². The third-order valence-electron chi connectivity index (χ3n) is 4.32. The molecular weight excluding hydrogens is 278 g/mol. The number of methoxy groups -OCH3 is 1. The zero-order valence-corrected chi connectivity index (χ0v) is 12.3. The first-order valence-corrected chi connectivity index (χ1v) is 7.30. The number of nitrogens with zero attached hydrogens (tertiary/aromatic N) is 1. The van der Waals surface area contributed by atoms with Crippen LogP contribution < -0.4 is 20.3 Å². The molecule has 0 bridgehead atoms. The SMILES string of the molecule is COc1ccc(N2C(=O)c3ccccc3NC23CNC3)cc1. The third-order valence-corrected chi connectivity index (χ3v) is 4.32. The number of carbonyl (C=O) groups is 1. The first-order valence-electron chi connectivity index (χ1n) is 7.30. The van der Waals surface area contributed by atoms with E-state index in [2.05, 4.69) is 10.6 Å². The molecule has 1 amide bonds. The monoisotopic (exact) mass is 295 g/mol. The van der Waals surface area contributed by atoms with Gasteiger partial charge in [0.2, 0.25) is 0 Å². The van der Waals surface area contributed by atoms with E-state index in [0.717, 1.165) is 30.2 Å². The molecule has 1 fully saturated rings. The van der Waals surface area contributed by atoms with Gasteiger partial charge in [-0.2, -0.15) is 0 Å². The maximum absolute atomic E-state index is 13.0. The van der Waals surface area contributed by atoms with E-state index in [1.165, 1.54) is 0 Å². The fourth-order valence-corrected chi connectivity index (χ4v) is 3.10. The lowest BCUT2D eigenvalue weighted by molar-refractivity contribution is 0.0932. The lowest BCUT2D eigenvalue weighted by atomic mass is 9.93. The Morgan fingerprint density at radius 3 is 2.45 bits per heavy atom. The summed E-state index contributed by atoms with van der Waals surface area (Å²) < 4.78 is 5.20. The van der Waals surface area contributed by atoms with Crippen LogP contribution in [0.2, 0.25) is 0 Å². The van der Waals surface area contributed by atoms with Crippen LogP contribution in [0.1, 0.15) is 10.4 Å². The van der Waals surface area contributed by atoms with Gasteiger partial charge in [0.1, 0.15) is 11.4 Å². The van der Waals surface area contributed by atoms with E-state index in [4.69, 9.17) is 4.74 Å². The summed E-state index contributed by atoms with van der Waals surface area (Å²) in [6.45, 7) is 1.44. The number of amides is 1. The first kappa shape index (κ1) is 13.2. The molecule has 112 valence electrons. The van der Waals surface area contributed by atoms with Gasteiger partial charge in [0.15, 0.2) is 0 Å². The highest BCUT2D eigenvalue weighted by Gasteiger charge is 2.49. The second-order valence-electron chi connectivity index (χ2n) is 5.64. The first-order chi connectivity index (χ1) is 10.7. The minimum atomic E-state index is -0.389. The summed E-state index contributed by atoms with van der Waals surface area (Å²) >= 11 is 0. The predicted molar refractivity (Wildman–Crippen MR) is 85.5 cm³/mol. The fourth-order valence-electron chi connectivity index (χ4n) is 3.10. The lowest BCUT2D eigenvalue weighted by Crippen LogP contribution is -2.76. The molecule has 2 aromatic carbocycles. The van der Waals surface area contributed by atoms with Crippen molar-refractivity contribution in [1.29, 1.82) is 0 Å². The van der Waals surface area contributed by atoms with Gasteiger partial charge in [-0.15, -0.1) is 0 Å². The van der Waals surface area contributed by atoms with Crippen LogP contribution in [0.25, 0.3) is 0 Å². The molecule has 1 spiro atoms. The maximum Gasteiger partial charge on any atom is 0.262 e. The zero-order chi connectivity index (χ0) is 15.2. The van der Waals surface area contributed by atoms with Gasteiger partial charge in [0.05, 0.1) is 12.7 Å². The number of nitrogens with one attached hydrogen (secondary N) is 2. The van der Waals surface area contributed by atoms with Gasteiger partial charge in [-0.25, -0.2) is 0 Å². The van der Waals surface area contributed by atoms with E-state index in [1.807, 2.05) is 53.4 Å². The van der Waals surface area contributed by atoms with E-state index in [9.17, 15) is 4.79 Å². The average molecular weight is 295 g/mol. The standard InChI is InChI=1S/C17H17N3O2/c1-22-13-8-6-12(7-9-13)20-16(21)14-4-2-3-5-15(14)19-17(20)10-18-11-17/h2-9,18-19H,10-11H2,1H3. The Bertz CT molecular complexity index is 723. The van der Waals surface area contributed by atoms with Gasteiger partial charge >= 0.3 is 0 Å². The molecule has 2 N–H and O–H groups in total. The molecule has 0 aliphatic carbocycles. The summed E-state index contributed by atoms with van der Waals surface area (Å²) in [5.41, 5.74) is 2.09. The van der Waals surface area contributed by atoms with Crippen molar-refractivity contribution in [3.05, 3.63) is 54.1 Å². The van der Waals surface area contributed by atoms with E-state index in [0.29, 0.717) is 5.56 Å². The minimum Gasteiger partial charge on any atom is -0.497 e. The summed E-state index contributed by atoms with van der Waals surface area (Å²) in [5.74, 6) is 0.809. The van der Waals surface area contributed by atoms with Crippen molar-refractivity contribution >= 4 is 17.3 Å². The molecule has 22 heavy (non-hydrogen) atoms. The van der Waals surface area contributed by atoms with Gasteiger partial charge in [0.25, 0.3) is 5.91 Å². The molecule has 0 saturated carbocycles. The number of rotatable bonds is 2.